The normalized spacial score (nSPS) is 17.4. The third-order valence-electron chi connectivity index (χ3n) is 13.9. The number of allylic oxidation sites excluding steroid dienone is 7. The summed E-state index contributed by atoms with van der Waals surface area (Å²) in [6.07, 6.45) is 18.8. The molecule has 8 nitrogen and oxygen atoms in total. The molecule has 3 aromatic carbocycles. The minimum absolute atomic E-state index is 0.124. The van der Waals surface area contributed by atoms with Crippen LogP contribution in [0, 0.1) is 0 Å². The van der Waals surface area contributed by atoms with Gasteiger partial charge >= 0.3 is 5.97 Å². The fourth-order valence-electron chi connectivity index (χ4n) is 10.2. The van der Waals surface area contributed by atoms with E-state index in [-0.39, 0.29) is 17.3 Å². The van der Waals surface area contributed by atoms with Gasteiger partial charge in [0.05, 0.1) is 28.2 Å². The Kier molecular flexibility index (Phi) is 13.0. The molecule has 67 heavy (non-hydrogen) atoms. The number of fused-ring (bicyclic) bond motifs is 2. The lowest BCUT2D eigenvalue weighted by atomic mass is 9.81. The number of nitrogens with zero attached hydrogens (tertiary/aromatic N) is 5. The van der Waals surface area contributed by atoms with Gasteiger partial charge in [0.15, 0.2) is 5.71 Å². The van der Waals surface area contributed by atoms with Gasteiger partial charge in [0.1, 0.15) is 7.05 Å². The quantitative estimate of drug-likeness (QED) is 0.0783. The highest BCUT2D eigenvalue weighted by atomic mass is 16.4. The Balaban J connectivity index is 1.05. The molecule has 3 aliphatic rings. The molecular formula is C59H61N6O2+. The van der Waals surface area contributed by atoms with E-state index in [9.17, 15) is 9.90 Å². The number of aliphatic carboxylic acids is 1. The number of carbonyl (C=O) groups is 1. The minimum atomic E-state index is -0.727. The second-order valence-corrected chi connectivity index (χ2v) is 19.0. The number of carboxylic acid groups (broad SMARTS) is 1. The summed E-state index contributed by atoms with van der Waals surface area (Å²) in [5.74, 6) is -0.727. The van der Waals surface area contributed by atoms with Crippen LogP contribution in [0.2, 0.25) is 0 Å². The first kappa shape index (κ1) is 45.0. The molecule has 0 amide bonds. The van der Waals surface area contributed by atoms with Gasteiger partial charge in [-0.3, -0.25) is 14.8 Å². The van der Waals surface area contributed by atoms with Gasteiger partial charge in [-0.1, -0.05) is 105 Å². The molecule has 2 aliphatic heterocycles. The Morgan fingerprint density at radius 1 is 0.716 bits per heavy atom. The summed E-state index contributed by atoms with van der Waals surface area (Å²) in [5.41, 5.74) is 17.8. The molecule has 0 bridgehead atoms. The standard InChI is InChI=1S/C59H60N6O2/c1-58(2)46-20-8-10-24-52(46)64(5)54(58)33-31-43-18-17-19-44(32-34-55-59(3,4)47-21-9-11-25-53(47)65(55)37-16-6-7-26-56(66)67)57(43)62-40-41-27-29-42(30-28-41)45-38-50(48-22-12-14-35-60-48)63-51(39-45)49-23-13-15-36-61-49/h8-15,20-25,27-36,38-39H,6-7,16-19,26,37,40H2,1-5H3,(H,66,67)/p+1/b44-32+,55-34+. The number of rotatable bonds is 15. The van der Waals surface area contributed by atoms with E-state index in [0.29, 0.717) is 13.0 Å². The summed E-state index contributed by atoms with van der Waals surface area (Å²) in [5, 5.41) is 13.2. The lowest BCUT2D eigenvalue weighted by molar-refractivity contribution is -0.401. The lowest BCUT2D eigenvalue weighted by Gasteiger charge is -2.28. The Morgan fingerprint density at radius 2 is 1.39 bits per heavy atom. The highest BCUT2D eigenvalue weighted by Crippen LogP contribution is 2.48. The van der Waals surface area contributed by atoms with E-state index < -0.39 is 5.97 Å². The monoisotopic (exact) mass is 885 g/mol. The summed E-state index contributed by atoms with van der Waals surface area (Å²) in [4.78, 5) is 27.9. The van der Waals surface area contributed by atoms with E-state index in [1.807, 2.05) is 36.4 Å². The number of hydrogen-bond acceptors (Lipinski definition) is 6. The van der Waals surface area contributed by atoms with Crippen LogP contribution in [-0.2, 0) is 22.2 Å². The fraction of sp³-hybridized carbons (Fsp3) is 0.271. The van der Waals surface area contributed by atoms with E-state index in [4.69, 9.17) is 4.98 Å². The lowest BCUT2D eigenvalue weighted by Crippen LogP contribution is -2.27. The van der Waals surface area contributed by atoms with Gasteiger partial charge in [0.25, 0.3) is 0 Å². The Labute approximate surface area is 395 Å². The maximum Gasteiger partial charge on any atom is 0.303 e. The van der Waals surface area contributed by atoms with E-state index in [1.165, 1.54) is 56.3 Å². The van der Waals surface area contributed by atoms with Crippen molar-refractivity contribution < 1.29 is 14.5 Å². The van der Waals surface area contributed by atoms with Gasteiger partial charge in [0.2, 0.25) is 5.69 Å². The van der Waals surface area contributed by atoms with Crippen molar-refractivity contribution in [3.63, 3.8) is 0 Å². The first-order valence-corrected chi connectivity index (χ1v) is 23.8. The zero-order valence-electron chi connectivity index (χ0n) is 39.5. The van der Waals surface area contributed by atoms with Gasteiger partial charge in [-0.05, 0) is 128 Å². The molecule has 1 aliphatic carbocycles. The Morgan fingerprint density at radius 3 is 2.06 bits per heavy atom. The molecule has 0 unspecified atom stereocenters. The molecule has 0 atom stereocenters. The molecule has 3 aromatic heterocycles. The van der Waals surface area contributed by atoms with Gasteiger partial charge in [-0.25, -0.2) is 4.98 Å². The SMILES string of the molecule is C[N+]1=C(/C=C/C2=C(NCc3ccc(-c4cc(-c5ccccn5)nc(-c5ccccn5)c4)cc3)C(=C/C=C3/N(CCCCCC(=O)O)c4ccccc4C3(C)C)/CCC2)C(C)(C)c2ccccc21. The predicted molar refractivity (Wildman–Crippen MR) is 272 cm³/mol. The summed E-state index contributed by atoms with van der Waals surface area (Å²) < 4.78 is 2.35. The number of anilines is 1. The van der Waals surface area contributed by atoms with Gasteiger partial charge in [-0.2, -0.15) is 4.58 Å². The van der Waals surface area contributed by atoms with Gasteiger partial charge < -0.3 is 15.3 Å². The van der Waals surface area contributed by atoms with E-state index >= 15 is 0 Å². The molecule has 0 radical (unpaired) electrons. The number of nitrogens with one attached hydrogen (secondary N) is 1. The topological polar surface area (TPSA) is 94.3 Å². The van der Waals surface area contributed by atoms with Crippen LogP contribution in [0.5, 0.6) is 0 Å². The van der Waals surface area contributed by atoms with Crippen LogP contribution in [-0.4, -0.2) is 49.9 Å². The molecular weight excluding hydrogens is 825 g/mol. The second-order valence-electron chi connectivity index (χ2n) is 19.0. The molecule has 0 fully saturated rings. The molecule has 0 spiro atoms. The number of para-hydroxylation sites is 2. The van der Waals surface area contributed by atoms with E-state index in [1.54, 1.807) is 12.4 Å². The third-order valence-corrected chi connectivity index (χ3v) is 13.9. The molecule has 0 saturated heterocycles. The summed E-state index contributed by atoms with van der Waals surface area (Å²) >= 11 is 0. The summed E-state index contributed by atoms with van der Waals surface area (Å²) in [6, 6.07) is 42.4. The van der Waals surface area contributed by atoms with Crippen molar-refractivity contribution >= 4 is 23.1 Å². The highest BCUT2D eigenvalue weighted by molar-refractivity contribution is 6.03. The van der Waals surface area contributed by atoms with Crippen LogP contribution in [0.1, 0.15) is 89.3 Å². The number of carboxylic acids is 1. The Hall–Kier alpha value is -7.19. The van der Waals surface area contributed by atoms with Crippen molar-refractivity contribution in [3.8, 4) is 33.9 Å². The van der Waals surface area contributed by atoms with Crippen molar-refractivity contribution in [2.24, 2.45) is 0 Å². The van der Waals surface area contributed by atoms with Crippen molar-refractivity contribution in [1.82, 2.24) is 20.3 Å². The molecule has 338 valence electrons. The molecule has 2 N–H and O–H groups in total. The predicted octanol–water partition coefficient (Wildman–Crippen LogP) is 12.9. The zero-order chi connectivity index (χ0) is 46.5. The highest BCUT2D eigenvalue weighted by Gasteiger charge is 2.43. The number of aromatic nitrogens is 3. The number of benzene rings is 3. The third kappa shape index (κ3) is 9.44. The molecule has 0 saturated carbocycles. The van der Waals surface area contributed by atoms with Crippen LogP contribution in [0.4, 0.5) is 11.4 Å². The minimum Gasteiger partial charge on any atom is -0.481 e. The van der Waals surface area contributed by atoms with Crippen molar-refractivity contribution in [3.05, 3.63) is 197 Å². The summed E-state index contributed by atoms with van der Waals surface area (Å²) in [6.45, 7) is 10.8. The second kappa shape index (κ2) is 19.3. The van der Waals surface area contributed by atoms with Crippen LogP contribution in [0.15, 0.2) is 181 Å². The average Bonchev–Trinajstić information content (AvgIpc) is 3.69. The van der Waals surface area contributed by atoms with Crippen LogP contribution < -0.4 is 10.2 Å². The maximum absolute atomic E-state index is 11.3. The number of pyridine rings is 3. The first-order chi connectivity index (χ1) is 32.5. The van der Waals surface area contributed by atoms with E-state index in [0.717, 1.165) is 72.6 Å². The molecule has 8 heteroatoms. The molecule has 6 aromatic rings. The zero-order valence-corrected chi connectivity index (χ0v) is 39.5. The van der Waals surface area contributed by atoms with Crippen LogP contribution >= 0.6 is 0 Å². The smallest absolute Gasteiger partial charge is 0.303 e. The molecule has 5 heterocycles. The van der Waals surface area contributed by atoms with Crippen molar-refractivity contribution in [1.29, 1.82) is 0 Å². The largest absolute Gasteiger partial charge is 0.481 e. The van der Waals surface area contributed by atoms with Gasteiger partial charge in [-0.15, -0.1) is 0 Å². The maximum atomic E-state index is 11.3. The summed E-state index contributed by atoms with van der Waals surface area (Å²) in [7, 11) is 2.19. The van der Waals surface area contributed by atoms with E-state index in [2.05, 4.69) is 169 Å². The van der Waals surface area contributed by atoms with Crippen molar-refractivity contribution in [2.75, 3.05) is 18.5 Å². The van der Waals surface area contributed by atoms with Crippen LogP contribution in [0.3, 0.4) is 0 Å². The Bertz CT molecular complexity index is 2880. The van der Waals surface area contributed by atoms with Crippen LogP contribution in [0.25, 0.3) is 33.9 Å². The number of hydrogen-bond donors (Lipinski definition) is 2. The van der Waals surface area contributed by atoms with Crippen molar-refractivity contribution in [2.45, 2.75) is 90.0 Å². The first-order valence-electron chi connectivity index (χ1n) is 23.8. The fourth-order valence-corrected chi connectivity index (χ4v) is 10.2. The number of unbranched alkanes of at least 4 members (excludes halogenated alkanes) is 2. The average molecular weight is 886 g/mol. The molecule has 9 rings (SSSR count). The van der Waals surface area contributed by atoms with Gasteiger partial charge in [0, 0.05) is 72.1 Å².